The van der Waals surface area contributed by atoms with Gasteiger partial charge in [-0.2, -0.15) is 11.8 Å². The smallest absolute Gasteiger partial charge is 0.258 e. The van der Waals surface area contributed by atoms with E-state index in [1.807, 2.05) is 24.5 Å². The average Bonchev–Trinajstić information content (AvgIpc) is 2.69. The van der Waals surface area contributed by atoms with E-state index < -0.39 is 6.04 Å². The number of hydrogen-bond donors (Lipinski definition) is 3. The third kappa shape index (κ3) is 9.35. The fourth-order valence-electron chi connectivity index (χ4n) is 2.87. The molecule has 1 aromatic carbocycles. The molecule has 3 N–H and O–H groups in total. The summed E-state index contributed by atoms with van der Waals surface area (Å²) in [6, 6.07) is 8.65. The molecule has 2 amide bonds. The van der Waals surface area contributed by atoms with E-state index in [-0.39, 0.29) is 30.8 Å². The molecular formula is C19H30ClN3O3S. The van der Waals surface area contributed by atoms with Crippen LogP contribution in [0.4, 0.5) is 0 Å². The summed E-state index contributed by atoms with van der Waals surface area (Å²) < 4.78 is 5.45. The molecule has 1 heterocycles. The lowest BCUT2D eigenvalue weighted by Gasteiger charge is -2.24. The minimum atomic E-state index is -0.522. The molecular weight excluding hydrogens is 386 g/mol. The number of hydrogen-bond acceptors (Lipinski definition) is 5. The van der Waals surface area contributed by atoms with E-state index in [9.17, 15) is 9.59 Å². The number of piperidine rings is 1. The van der Waals surface area contributed by atoms with Crippen LogP contribution in [0.15, 0.2) is 30.3 Å². The summed E-state index contributed by atoms with van der Waals surface area (Å²) in [5, 5.41) is 9.15. The first kappa shape index (κ1) is 23.6. The van der Waals surface area contributed by atoms with Crippen LogP contribution < -0.4 is 20.7 Å². The highest BCUT2D eigenvalue weighted by Gasteiger charge is 2.22. The molecule has 0 aromatic heterocycles. The minimum Gasteiger partial charge on any atom is -0.484 e. The predicted octanol–water partition coefficient (Wildman–Crippen LogP) is 1.84. The van der Waals surface area contributed by atoms with Crippen molar-refractivity contribution >= 4 is 36.0 Å². The molecule has 0 radical (unpaired) electrons. The highest BCUT2D eigenvalue weighted by Crippen LogP contribution is 2.09. The zero-order valence-corrected chi connectivity index (χ0v) is 17.4. The first-order valence-corrected chi connectivity index (χ1v) is 10.5. The summed E-state index contributed by atoms with van der Waals surface area (Å²) in [4.78, 5) is 24.7. The van der Waals surface area contributed by atoms with E-state index in [1.54, 1.807) is 23.9 Å². The van der Waals surface area contributed by atoms with Crippen molar-refractivity contribution in [3.05, 3.63) is 30.3 Å². The van der Waals surface area contributed by atoms with Crippen LogP contribution in [0.1, 0.15) is 19.3 Å². The quantitative estimate of drug-likeness (QED) is 0.543. The Morgan fingerprint density at radius 3 is 2.78 bits per heavy atom. The molecule has 27 heavy (non-hydrogen) atoms. The molecule has 2 rings (SSSR count). The van der Waals surface area contributed by atoms with Crippen LogP contribution in [0.2, 0.25) is 0 Å². The van der Waals surface area contributed by atoms with Crippen molar-refractivity contribution in [2.45, 2.75) is 25.3 Å². The Morgan fingerprint density at radius 2 is 2.11 bits per heavy atom. The summed E-state index contributed by atoms with van der Waals surface area (Å²) >= 11 is 1.66. The number of nitrogens with one attached hydrogen (secondary N) is 3. The van der Waals surface area contributed by atoms with E-state index in [0.29, 0.717) is 24.6 Å². The third-order valence-electron chi connectivity index (χ3n) is 4.34. The van der Waals surface area contributed by atoms with E-state index >= 15 is 0 Å². The second-order valence-corrected chi connectivity index (χ2v) is 7.45. The Hall–Kier alpha value is -1.44. The second-order valence-electron chi connectivity index (χ2n) is 6.46. The number of thioether (sulfide) groups is 1. The fourth-order valence-corrected chi connectivity index (χ4v) is 3.34. The summed E-state index contributed by atoms with van der Waals surface area (Å²) in [5.41, 5.74) is 0. The fraction of sp³-hybridized carbons (Fsp3) is 0.579. The van der Waals surface area contributed by atoms with Crippen LogP contribution in [0.3, 0.4) is 0 Å². The lowest BCUT2D eigenvalue weighted by molar-refractivity contribution is -0.130. The SMILES string of the molecule is CSCCC(NC(=O)COc1ccccc1)C(=O)NCC1CCCNC1.Cl. The normalized spacial score (nSPS) is 17.3. The Labute approximate surface area is 172 Å². The van der Waals surface area contributed by atoms with Gasteiger partial charge in [0.1, 0.15) is 11.8 Å². The van der Waals surface area contributed by atoms with Gasteiger partial charge in [-0.3, -0.25) is 9.59 Å². The highest BCUT2D eigenvalue weighted by molar-refractivity contribution is 7.98. The van der Waals surface area contributed by atoms with Crippen molar-refractivity contribution in [2.75, 3.05) is 38.2 Å². The number of rotatable bonds is 10. The molecule has 6 nitrogen and oxygen atoms in total. The van der Waals surface area contributed by atoms with Gasteiger partial charge in [0.15, 0.2) is 6.61 Å². The van der Waals surface area contributed by atoms with Gasteiger partial charge in [-0.15, -0.1) is 12.4 Å². The van der Waals surface area contributed by atoms with Crippen molar-refractivity contribution in [3.63, 3.8) is 0 Å². The summed E-state index contributed by atoms with van der Waals surface area (Å²) in [6.07, 6.45) is 4.86. The third-order valence-corrected chi connectivity index (χ3v) is 4.98. The number of ether oxygens (including phenoxy) is 1. The van der Waals surface area contributed by atoms with Crippen molar-refractivity contribution < 1.29 is 14.3 Å². The Kier molecular flexibility index (Phi) is 12.0. The zero-order valence-electron chi connectivity index (χ0n) is 15.7. The number of carbonyl (C=O) groups excluding carboxylic acids is 2. The van der Waals surface area contributed by atoms with Crippen molar-refractivity contribution in [1.82, 2.24) is 16.0 Å². The number of amides is 2. The van der Waals surface area contributed by atoms with Gasteiger partial charge in [0.2, 0.25) is 5.91 Å². The lowest BCUT2D eigenvalue weighted by Crippen LogP contribution is -2.50. The zero-order chi connectivity index (χ0) is 18.6. The molecule has 1 saturated heterocycles. The number of halogens is 1. The standard InChI is InChI=1S/C19H29N3O3S.ClH/c1-26-11-9-17(19(24)21-13-15-6-5-10-20-12-15)22-18(23)14-25-16-7-3-2-4-8-16;/h2-4,7-8,15,17,20H,5-6,9-14H2,1H3,(H,21,24)(H,22,23);1H. The average molecular weight is 416 g/mol. The maximum Gasteiger partial charge on any atom is 0.258 e. The van der Waals surface area contributed by atoms with E-state index in [1.165, 1.54) is 0 Å². The van der Waals surface area contributed by atoms with Crippen molar-refractivity contribution in [1.29, 1.82) is 0 Å². The molecule has 0 aliphatic carbocycles. The van der Waals surface area contributed by atoms with Gasteiger partial charge < -0.3 is 20.7 Å². The Bertz CT molecular complexity index is 556. The molecule has 1 aliphatic heterocycles. The first-order chi connectivity index (χ1) is 12.7. The molecule has 2 unspecified atom stereocenters. The van der Waals surface area contributed by atoms with Gasteiger partial charge in [0.25, 0.3) is 5.91 Å². The van der Waals surface area contributed by atoms with Crippen molar-refractivity contribution in [2.24, 2.45) is 5.92 Å². The lowest BCUT2D eigenvalue weighted by atomic mass is 9.99. The molecule has 152 valence electrons. The van der Waals surface area contributed by atoms with Crippen molar-refractivity contribution in [3.8, 4) is 5.75 Å². The summed E-state index contributed by atoms with van der Waals surface area (Å²) in [5.74, 6) is 1.51. The highest BCUT2D eigenvalue weighted by atomic mass is 35.5. The van der Waals surface area contributed by atoms with Gasteiger partial charge in [-0.25, -0.2) is 0 Å². The molecule has 0 spiro atoms. The van der Waals surface area contributed by atoms with Crippen LogP contribution in [0.25, 0.3) is 0 Å². The van der Waals surface area contributed by atoms with Crippen LogP contribution in [0, 0.1) is 5.92 Å². The summed E-state index contributed by atoms with van der Waals surface area (Å²) in [6.45, 7) is 2.54. The van der Waals surface area contributed by atoms with E-state index in [0.717, 1.165) is 31.7 Å². The topological polar surface area (TPSA) is 79.5 Å². The first-order valence-electron chi connectivity index (χ1n) is 9.13. The molecule has 1 aromatic rings. The van der Waals surface area contributed by atoms with Gasteiger partial charge in [-0.05, 0) is 62.4 Å². The van der Waals surface area contributed by atoms with Gasteiger partial charge >= 0.3 is 0 Å². The maximum absolute atomic E-state index is 12.5. The van der Waals surface area contributed by atoms with E-state index in [4.69, 9.17) is 4.74 Å². The van der Waals surface area contributed by atoms with Gasteiger partial charge in [-0.1, -0.05) is 18.2 Å². The molecule has 8 heteroatoms. The molecule has 0 bridgehead atoms. The number of carbonyl (C=O) groups is 2. The van der Waals surface area contributed by atoms with Gasteiger partial charge in [0.05, 0.1) is 0 Å². The Morgan fingerprint density at radius 1 is 1.33 bits per heavy atom. The maximum atomic E-state index is 12.5. The van der Waals surface area contributed by atoms with Crippen LogP contribution >= 0.6 is 24.2 Å². The van der Waals surface area contributed by atoms with Crippen LogP contribution in [-0.4, -0.2) is 56.1 Å². The molecule has 0 saturated carbocycles. The van der Waals surface area contributed by atoms with Gasteiger partial charge in [0, 0.05) is 6.54 Å². The molecule has 1 fully saturated rings. The summed E-state index contributed by atoms with van der Waals surface area (Å²) in [7, 11) is 0. The molecule has 2 atom stereocenters. The number of para-hydroxylation sites is 1. The monoisotopic (exact) mass is 415 g/mol. The minimum absolute atomic E-state index is 0. The molecule has 1 aliphatic rings. The largest absolute Gasteiger partial charge is 0.484 e. The predicted molar refractivity (Wildman–Crippen MR) is 113 cm³/mol. The Balaban J connectivity index is 0.00000364. The van der Waals surface area contributed by atoms with Crippen LogP contribution in [-0.2, 0) is 9.59 Å². The number of benzene rings is 1. The van der Waals surface area contributed by atoms with Crippen LogP contribution in [0.5, 0.6) is 5.75 Å². The second kappa shape index (κ2) is 13.7. The van der Waals surface area contributed by atoms with E-state index in [2.05, 4.69) is 16.0 Å².